The highest BCUT2D eigenvalue weighted by atomic mass is 16.5. The molecule has 180 valence electrons. The van der Waals surface area contributed by atoms with Crippen molar-refractivity contribution in [2.45, 2.75) is 18.1 Å². The minimum Gasteiger partial charge on any atom is -0.493 e. The minimum atomic E-state index is -0.735. The second-order valence-electron chi connectivity index (χ2n) is 9.33. The zero-order valence-electron chi connectivity index (χ0n) is 19.6. The van der Waals surface area contributed by atoms with Crippen LogP contribution in [0.1, 0.15) is 5.56 Å². The Morgan fingerprint density at radius 3 is 2.86 bits per heavy atom. The Labute approximate surface area is 202 Å². The van der Waals surface area contributed by atoms with Gasteiger partial charge in [0.1, 0.15) is 5.60 Å². The van der Waals surface area contributed by atoms with E-state index in [1.54, 1.807) is 32.4 Å². The van der Waals surface area contributed by atoms with Crippen molar-refractivity contribution in [3.63, 3.8) is 0 Å². The van der Waals surface area contributed by atoms with Crippen LogP contribution >= 0.6 is 0 Å². The fourth-order valence-electron chi connectivity index (χ4n) is 5.80. The Morgan fingerprint density at radius 2 is 2.03 bits per heavy atom. The fraction of sp³-hybridized carbons (Fsp3) is 0.333. The molecule has 0 aliphatic carbocycles. The zero-order valence-corrected chi connectivity index (χ0v) is 19.6. The molecule has 4 atom stereocenters. The van der Waals surface area contributed by atoms with E-state index in [1.807, 2.05) is 41.4 Å². The predicted octanol–water partition coefficient (Wildman–Crippen LogP) is 3.15. The van der Waals surface area contributed by atoms with E-state index in [0.717, 1.165) is 11.9 Å². The number of amides is 2. The van der Waals surface area contributed by atoms with Gasteiger partial charge in [-0.2, -0.15) is 0 Å². The summed E-state index contributed by atoms with van der Waals surface area (Å²) in [7, 11) is 3.11. The third-order valence-corrected chi connectivity index (χ3v) is 7.46. The van der Waals surface area contributed by atoms with Crippen LogP contribution in [0.5, 0.6) is 11.5 Å². The summed E-state index contributed by atoms with van der Waals surface area (Å²) in [5.74, 6) is -0.271. The van der Waals surface area contributed by atoms with Crippen LogP contribution in [0.4, 0.5) is 5.69 Å². The predicted molar refractivity (Wildman–Crippen MR) is 130 cm³/mol. The molecule has 4 heterocycles. The number of hydrogen-bond donors (Lipinski definition) is 2. The van der Waals surface area contributed by atoms with Gasteiger partial charge in [-0.05, 0) is 30.2 Å². The van der Waals surface area contributed by atoms with Crippen LogP contribution in [0.3, 0.4) is 0 Å². The first-order chi connectivity index (χ1) is 17.0. The third-order valence-electron chi connectivity index (χ3n) is 7.46. The largest absolute Gasteiger partial charge is 0.493 e. The van der Waals surface area contributed by atoms with Gasteiger partial charge in [-0.1, -0.05) is 30.4 Å². The number of nitrogens with one attached hydrogen (secondary N) is 2. The highest BCUT2D eigenvalue weighted by Crippen LogP contribution is 2.52. The maximum atomic E-state index is 13.5. The molecule has 3 aromatic rings. The number of methoxy groups -OCH3 is 2. The van der Waals surface area contributed by atoms with Gasteiger partial charge in [0.15, 0.2) is 11.5 Å². The van der Waals surface area contributed by atoms with Gasteiger partial charge in [0, 0.05) is 35.4 Å². The smallest absolute Gasteiger partial charge is 0.231 e. The van der Waals surface area contributed by atoms with Gasteiger partial charge in [-0.15, -0.1) is 0 Å². The van der Waals surface area contributed by atoms with E-state index in [2.05, 4.69) is 16.4 Å². The van der Waals surface area contributed by atoms with Gasteiger partial charge in [0.2, 0.25) is 11.8 Å². The van der Waals surface area contributed by atoms with Crippen molar-refractivity contribution in [3.05, 3.63) is 66.4 Å². The number of fused-ring (bicyclic) bond motifs is 2. The first-order valence-corrected chi connectivity index (χ1v) is 11.8. The number of para-hydroxylation sites is 1. The van der Waals surface area contributed by atoms with Crippen molar-refractivity contribution >= 4 is 28.4 Å². The van der Waals surface area contributed by atoms with Crippen LogP contribution in [-0.2, 0) is 20.7 Å². The molecule has 35 heavy (non-hydrogen) atoms. The van der Waals surface area contributed by atoms with Gasteiger partial charge >= 0.3 is 0 Å². The molecule has 2 fully saturated rings. The lowest BCUT2D eigenvalue weighted by Gasteiger charge is -2.23. The summed E-state index contributed by atoms with van der Waals surface area (Å²) in [6.45, 7) is 1.04. The van der Waals surface area contributed by atoms with Crippen molar-refractivity contribution in [3.8, 4) is 11.5 Å². The summed E-state index contributed by atoms with van der Waals surface area (Å²) < 4.78 is 16.9. The molecule has 0 saturated carbocycles. The van der Waals surface area contributed by atoms with Crippen molar-refractivity contribution in [2.75, 3.05) is 32.6 Å². The number of aromatic nitrogens is 1. The molecule has 2 saturated heterocycles. The topological polar surface area (TPSA) is 92.9 Å². The van der Waals surface area contributed by atoms with Crippen LogP contribution in [0.25, 0.3) is 10.9 Å². The average Bonchev–Trinajstić information content (AvgIpc) is 3.62. The molecule has 3 aliphatic heterocycles. The zero-order chi connectivity index (χ0) is 24.2. The Bertz CT molecular complexity index is 1350. The van der Waals surface area contributed by atoms with Crippen LogP contribution < -0.4 is 14.8 Å². The summed E-state index contributed by atoms with van der Waals surface area (Å²) in [6, 6.07) is 13.3. The third kappa shape index (κ3) is 3.39. The maximum absolute atomic E-state index is 13.5. The van der Waals surface area contributed by atoms with E-state index < -0.39 is 23.5 Å². The molecule has 6 rings (SSSR count). The van der Waals surface area contributed by atoms with Crippen LogP contribution in [0, 0.1) is 11.8 Å². The summed E-state index contributed by atoms with van der Waals surface area (Å²) in [5.41, 5.74) is 2.10. The number of rotatable bonds is 7. The van der Waals surface area contributed by atoms with Crippen LogP contribution in [0.2, 0.25) is 0 Å². The lowest BCUT2D eigenvalue weighted by molar-refractivity contribution is -0.135. The second-order valence-corrected chi connectivity index (χ2v) is 9.33. The summed E-state index contributed by atoms with van der Waals surface area (Å²) in [6.07, 6.45) is 6.23. The van der Waals surface area contributed by atoms with Crippen molar-refractivity contribution in [2.24, 2.45) is 11.8 Å². The van der Waals surface area contributed by atoms with Gasteiger partial charge in [0.05, 0.1) is 38.7 Å². The lowest BCUT2D eigenvalue weighted by Crippen LogP contribution is -2.41. The summed E-state index contributed by atoms with van der Waals surface area (Å²) in [5, 5.41) is 4.12. The number of hydrogen-bond acceptors (Lipinski definition) is 5. The van der Waals surface area contributed by atoms with E-state index in [0.29, 0.717) is 30.3 Å². The Morgan fingerprint density at radius 1 is 1.20 bits per heavy atom. The van der Waals surface area contributed by atoms with Gasteiger partial charge in [-0.3, -0.25) is 9.59 Å². The monoisotopic (exact) mass is 473 g/mol. The standard InChI is InChI=1S/C27H27N3O5/c1-33-20-8-7-17(13-22(20)34-2)29-25(31)23-21-9-11-27(35-21)15-30(26(32)24(23)27)12-10-16-14-28-19-6-4-3-5-18(16)19/h3-9,11,13-14,21,23-24,28H,10,12,15H2,1-2H3,(H,29,31)/t21-,23-,24+,27+/m0/s1. The molecule has 2 amide bonds. The molecule has 3 aliphatic rings. The van der Waals surface area contributed by atoms with Crippen molar-refractivity contribution in [1.29, 1.82) is 0 Å². The van der Waals surface area contributed by atoms with Gasteiger partial charge in [-0.25, -0.2) is 0 Å². The average molecular weight is 474 g/mol. The van der Waals surface area contributed by atoms with Crippen molar-refractivity contribution in [1.82, 2.24) is 9.88 Å². The molecule has 2 aromatic carbocycles. The molecule has 0 radical (unpaired) electrons. The maximum Gasteiger partial charge on any atom is 0.231 e. The highest BCUT2D eigenvalue weighted by Gasteiger charge is 2.66. The number of H-pyrrole nitrogens is 1. The van der Waals surface area contributed by atoms with Gasteiger partial charge < -0.3 is 29.4 Å². The lowest BCUT2D eigenvalue weighted by atomic mass is 9.77. The fourth-order valence-corrected chi connectivity index (χ4v) is 5.80. The molecule has 0 unspecified atom stereocenters. The molecular weight excluding hydrogens is 446 g/mol. The molecule has 8 nitrogen and oxygen atoms in total. The molecule has 8 heteroatoms. The van der Waals surface area contributed by atoms with E-state index in [4.69, 9.17) is 14.2 Å². The quantitative estimate of drug-likeness (QED) is 0.515. The first-order valence-electron chi connectivity index (χ1n) is 11.8. The Kier molecular flexibility index (Phi) is 5.07. The molecule has 1 spiro atoms. The number of carbonyl (C=O) groups excluding carboxylic acids is 2. The second kappa shape index (κ2) is 8.16. The molecular formula is C27H27N3O5. The molecule has 1 aromatic heterocycles. The van der Waals surface area contributed by atoms with E-state index in [-0.39, 0.29) is 11.8 Å². The van der Waals surface area contributed by atoms with Gasteiger partial charge in [0.25, 0.3) is 0 Å². The number of nitrogens with zero attached hydrogens (tertiary/aromatic N) is 1. The number of carbonyl (C=O) groups is 2. The van der Waals surface area contributed by atoms with E-state index in [1.165, 1.54) is 10.9 Å². The number of ether oxygens (including phenoxy) is 3. The summed E-state index contributed by atoms with van der Waals surface area (Å²) in [4.78, 5) is 32.0. The highest BCUT2D eigenvalue weighted by molar-refractivity contribution is 5.99. The molecule has 2 bridgehead atoms. The van der Waals surface area contributed by atoms with Crippen molar-refractivity contribution < 1.29 is 23.8 Å². The summed E-state index contributed by atoms with van der Waals surface area (Å²) >= 11 is 0. The number of anilines is 1. The van der Waals surface area contributed by atoms with Crippen LogP contribution in [0.15, 0.2) is 60.8 Å². The normalized spacial score (nSPS) is 26.4. The first kappa shape index (κ1) is 21.7. The Hall–Kier alpha value is -3.78. The molecule has 2 N–H and O–H groups in total. The van der Waals surface area contributed by atoms with E-state index >= 15 is 0 Å². The Balaban J connectivity index is 1.19. The van der Waals surface area contributed by atoms with Crippen LogP contribution in [-0.4, -0.2) is 60.7 Å². The number of likely N-dealkylation sites (tertiary alicyclic amines) is 1. The number of aromatic amines is 1. The minimum absolute atomic E-state index is 0.0239. The SMILES string of the molecule is COc1ccc(NC(=O)[C@H]2[C@@H]3C=C[C@]4(CN(CCc5c[nH]c6ccccc56)C(=O)[C@@H]24)O3)cc1OC. The van der Waals surface area contributed by atoms with E-state index in [9.17, 15) is 9.59 Å². The number of benzene rings is 2.